The van der Waals surface area contributed by atoms with Crippen molar-refractivity contribution in [3.8, 4) is 0 Å². The van der Waals surface area contributed by atoms with Gasteiger partial charge in [-0.1, -0.05) is 65.6 Å². The Morgan fingerprint density at radius 2 is 1.71 bits per heavy atom. The van der Waals surface area contributed by atoms with Gasteiger partial charge in [-0.15, -0.1) is 0 Å². The third-order valence-corrected chi connectivity index (χ3v) is 6.16. The highest BCUT2D eigenvalue weighted by Gasteiger charge is 2.48. The topological polar surface area (TPSA) is 43.4 Å². The summed E-state index contributed by atoms with van der Waals surface area (Å²) in [5.41, 5.74) is 1.92. The van der Waals surface area contributed by atoms with Crippen LogP contribution in [0.4, 0.5) is 0 Å². The lowest BCUT2D eigenvalue weighted by Gasteiger charge is -2.29. The van der Waals surface area contributed by atoms with Gasteiger partial charge in [-0.3, -0.25) is 9.59 Å². The zero-order valence-corrected chi connectivity index (χ0v) is 18.0. The molecular formula is C23H20BrClO3. The molecule has 0 N–H and O–H groups in total. The average Bonchev–Trinajstić information content (AvgIpc) is 3.00. The fraction of sp³-hybridized carbons (Fsp3) is 0.304. The van der Waals surface area contributed by atoms with Gasteiger partial charge in [0.2, 0.25) is 5.78 Å². The molecule has 0 aromatic heterocycles. The summed E-state index contributed by atoms with van der Waals surface area (Å²) in [5, 5.41) is 0.615. The van der Waals surface area contributed by atoms with E-state index in [4.69, 9.17) is 16.3 Å². The van der Waals surface area contributed by atoms with E-state index >= 15 is 0 Å². The molecule has 0 radical (unpaired) electrons. The Hall–Kier alpha value is -1.91. The first kappa shape index (κ1) is 19.4. The van der Waals surface area contributed by atoms with Crippen molar-refractivity contribution in [1.82, 2.24) is 0 Å². The van der Waals surface area contributed by atoms with Crippen LogP contribution in [0, 0.1) is 5.41 Å². The Balaban J connectivity index is 1.78. The van der Waals surface area contributed by atoms with Gasteiger partial charge in [0.15, 0.2) is 11.9 Å². The van der Waals surface area contributed by atoms with E-state index < -0.39 is 12.0 Å². The summed E-state index contributed by atoms with van der Waals surface area (Å²) < 4.78 is 7.08. The van der Waals surface area contributed by atoms with Crippen LogP contribution in [0.1, 0.15) is 48.5 Å². The molecule has 5 heteroatoms. The van der Waals surface area contributed by atoms with Crippen molar-refractivity contribution in [1.29, 1.82) is 0 Å². The van der Waals surface area contributed by atoms with E-state index in [2.05, 4.69) is 29.8 Å². The highest BCUT2D eigenvalue weighted by molar-refractivity contribution is 9.10. The van der Waals surface area contributed by atoms with Gasteiger partial charge in [-0.25, -0.2) is 0 Å². The van der Waals surface area contributed by atoms with E-state index in [1.54, 1.807) is 24.3 Å². The smallest absolute Gasteiger partial charge is 0.204 e. The van der Waals surface area contributed by atoms with Gasteiger partial charge >= 0.3 is 0 Å². The molecule has 2 aliphatic rings. The summed E-state index contributed by atoms with van der Waals surface area (Å²) >= 11 is 9.45. The molecule has 0 unspecified atom stereocenters. The number of carbonyl (C=O) groups excluding carboxylic acids is 2. The lowest BCUT2D eigenvalue weighted by molar-refractivity contribution is -0.118. The van der Waals surface area contributed by atoms with Crippen LogP contribution in [0.5, 0.6) is 0 Å². The third kappa shape index (κ3) is 3.56. The van der Waals surface area contributed by atoms with Gasteiger partial charge < -0.3 is 4.74 Å². The third-order valence-electron chi connectivity index (χ3n) is 5.38. The van der Waals surface area contributed by atoms with E-state index in [0.717, 1.165) is 10.0 Å². The number of Topliss-reactive ketones (excluding diaryl/α,β-unsaturated/α-hetero) is 2. The molecule has 0 amide bonds. The molecule has 144 valence electrons. The Morgan fingerprint density at radius 1 is 1.07 bits per heavy atom. The summed E-state index contributed by atoms with van der Waals surface area (Å²) in [7, 11) is 0. The van der Waals surface area contributed by atoms with Crippen LogP contribution in [0.3, 0.4) is 0 Å². The van der Waals surface area contributed by atoms with Crippen LogP contribution in [0.15, 0.2) is 64.3 Å². The van der Waals surface area contributed by atoms with E-state index in [-0.39, 0.29) is 17.0 Å². The highest BCUT2D eigenvalue weighted by Crippen LogP contribution is 2.49. The molecule has 4 rings (SSSR count). The maximum Gasteiger partial charge on any atom is 0.204 e. The Kier molecular flexibility index (Phi) is 4.96. The highest BCUT2D eigenvalue weighted by atomic mass is 79.9. The van der Waals surface area contributed by atoms with Crippen LogP contribution in [0.25, 0.3) is 0 Å². The number of ketones is 2. The van der Waals surface area contributed by atoms with E-state index in [1.807, 2.05) is 24.3 Å². The number of allylic oxidation sites excluding steroid dienone is 1. The van der Waals surface area contributed by atoms with Crippen LogP contribution >= 0.6 is 27.5 Å². The molecule has 3 nitrogen and oxygen atoms in total. The molecular weight excluding hydrogens is 440 g/mol. The van der Waals surface area contributed by atoms with Crippen molar-refractivity contribution >= 4 is 39.1 Å². The zero-order chi connectivity index (χ0) is 20.1. The summed E-state index contributed by atoms with van der Waals surface area (Å²) in [6, 6.07) is 14.5. The average molecular weight is 460 g/mol. The second kappa shape index (κ2) is 7.16. The monoisotopic (exact) mass is 458 g/mol. The molecule has 28 heavy (non-hydrogen) atoms. The molecule has 0 saturated carbocycles. The lowest BCUT2D eigenvalue weighted by Crippen LogP contribution is -2.29. The van der Waals surface area contributed by atoms with E-state index in [1.165, 1.54) is 0 Å². The molecule has 0 saturated heterocycles. The maximum atomic E-state index is 13.3. The van der Waals surface area contributed by atoms with Crippen LogP contribution in [-0.4, -0.2) is 17.7 Å². The first-order valence-corrected chi connectivity index (χ1v) is 10.4. The minimum atomic E-state index is -0.745. The molecule has 2 atom stereocenters. The molecule has 0 spiro atoms. The van der Waals surface area contributed by atoms with Gasteiger partial charge in [0.1, 0.15) is 5.76 Å². The Morgan fingerprint density at radius 3 is 2.36 bits per heavy atom. The number of carbonyl (C=O) groups is 2. The molecule has 1 aliphatic carbocycles. The number of hydrogen-bond donors (Lipinski definition) is 0. The number of hydrogen-bond acceptors (Lipinski definition) is 3. The van der Waals surface area contributed by atoms with Gasteiger partial charge in [0.05, 0.1) is 5.92 Å². The van der Waals surface area contributed by atoms with Crippen LogP contribution in [-0.2, 0) is 9.53 Å². The van der Waals surface area contributed by atoms with E-state index in [0.29, 0.717) is 34.8 Å². The molecule has 1 aliphatic heterocycles. The standard InChI is InChI=1S/C23H20BrClO3/c1-23(2)11-17(26)20-18(12-23)28-22(19(20)13-5-9-16(25)10-6-13)21(27)14-3-7-15(24)8-4-14/h3-10,19,22H,11-12H2,1-2H3/t19-,22-/m1/s1. The second-order valence-corrected chi connectivity index (χ2v) is 9.57. The summed E-state index contributed by atoms with van der Waals surface area (Å²) in [6.07, 6.45) is 0.367. The number of rotatable bonds is 3. The quantitative estimate of drug-likeness (QED) is 0.520. The number of benzene rings is 2. The summed E-state index contributed by atoms with van der Waals surface area (Å²) in [6.45, 7) is 4.11. The first-order valence-electron chi connectivity index (χ1n) is 9.23. The normalized spacial score (nSPS) is 23.4. The molecule has 2 aromatic rings. The van der Waals surface area contributed by atoms with Gasteiger partial charge in [0, 0.05) is 33.5 Å². The van der Waals surface area contributed by atoms with Crippen LogP contribution < -0.4 is 0 Å². The van der Waals surface area contributed by atoms with Gasteiger partial charge in [0.25, 0.3) is 0 Å². The van der Waals surface area contributed by atoms with Crippen LogP contribution in [0.2, 0.25) is 5.02 Å². The predicted molar refractivity (Wildman–Crippen MR) is 113 cm³/mol. The predicted octanol–water partition coefficient (Wildman–Crippen LogP) is 6.11. The summed E-state index contributed by atoms with van der Waals surface area (Å²) in [5.74, 6) is 0.202. The first-order chi connectivity index (χ1) is 13.2. The molecule has 0 bridgehead atoms. The van der Waals surface area contributed by atoms with Gasteiger partial charge in [-0.05, 0) is 35.2 Å². The molecule has 1 heterocycles. The Bertz CT molecular complexity index is 974. The second-order valence-electron chi connectivity index (χ2n) is 8.22. The Labute approximate surface area is 177 Å². The van der Waals surface area contributed by atoms with Crippen molar-refractivity contribution in [2.75, 3.05) is 0 Å². The van der Waals surface area contributed by atoms with Crippen molar-refractivity contribution in [2.45, 2.75) is 38.7 Å². The summed E-state index contributed by atoms with van der Waals surface area (Å²) in [4.78, 5) is 26.3. The minimum Gasteiger partial charge on any atom is -0.485 e. The minimum absolute atomic E-state index is 0.0670. The largest absolute Gasteiger partial charge is 0.485 e. The van der Waals surface area contributed by atoms with Crippen molar-refractivity contribution in [3.05, 3.63) is 80.5 Å². The number of ether oxygens (including phenoxy) is 1. The lowest BCUT2D eigenvalue weighted by atomic mass is 9.72. The number of halogens is 2. The zero-order valence-electron chi connectivity index (χ0n) is 15.7. The van der Waals surface area contributed by atoms with Crippen molar-refractivity contribution in [3.63, 3.8) is 0 Å². The fourth-order valence-electron chi connectivity index (χ4n) is 4.10. The molecule has 2 aromatic carbocycles. The van der Waals surface area contributed by atoms with E-state index in [9.17, 15) is 9.59 Å². The SMILES string of the molecule is CC1(C)CC(=O)C2=C(C1)O[C@@H](C(=O)c1ccc(Br)cc1)[C@@H]2c1ccc(Cl)cc1. The van der Waals surface area contributed by atoms with Crippen molar-refractivity contribution < 1.29 is 14.3 Å². The fourth-order valence-corrected chi connectivity index (χ4v) is 4.49. The maximum absolute atomic E-state index is 13.3. The van der Waals surface area contributed by atoms with Crippen molar-refractivity contribution in [2.24, 2.45) is 5.41 Å². The molecule has 0 fully saturated rings. The van der Waals surface area contributed by atoms with Gasteiger partial charge in [-0.2, -0.15) is 0 Å².